The normalized spacial score (nSPS) is 14.2. The van der Waals surface area contributed by atoms with Crippen LogP contribution in [0, 0.1) is 17.8 Å². The molecule has 0 radical (unpaired) electrons. The molecule has 2 N–H and O–H groups in total. The van der Waals surface area contributed by atoms with Gasteiger partial charge in [0.1, 0.15) is 5.54 Å². The van der Waals surface area contributed by atoms with Gasteiger partial charge in [-0.2, -0.15) is 0 Å². The molecule has 0 fully saturated rings. The highest BCUT2D eigenvalue weighted by Gasteiger charge is 2.36. The first-order valence-electron chi connectivity index (χ1n) is 14.0. The van der Waals surface area contributed by atoms with Gasteiger partial charge in [-0.3, -0.25) is 19.2 Å². The summed E-state index contributed by atoms with van der Waals surface area (Å²) >= 11 is 0. The minimum atomic E-state index is -1.50. The van der Waals surface area contributed by atoms with Crippen molar-refractivity contribution in [1.29, 1.82) is 0 Å². The number of carbonyl (C=O) groups is 4. The van der Waals surface area contributed by atoms with E-state index in [1.54, 1.807) is 26.0 Å². The van der Waals surface area contributed by atoms with E-state index in [2.05, 4.69) is 0 Å². The Morgan fingerprint density at radius 2 is 1.44 bits per heavy atom. The van der Waals surface area contributed by atoms with Gasteiger partial charge in [0.2, 0.25) is 0 Å². The molecule has 0 saturated carbocycles. The molecule has 0 spiro atoms. The summed E-state index contributed by atoms with van der Waals surface area (Å²) in [6, 6.07) is 4.73. The van der Waals surface area contributed by atoms with Crippen molar-refractivity contribution in [3.8, 4) is 11.5 Å². The summed E-state index contributed by atoms with van der Waals surface area (Å²) in [7, 11) is 1.24. The van der Waals surface area contributed by atoms with Crippen molar-refractivity contribution in [2.75, 3.05) is 13.7 Å². The molecule has 0 heterocycles. The van der Waals surface area contributed by atoms with Crippen molar-refractivity contribution in [1.82, 2.24) is 0 Å². The second-order valence-electron chi connectivity index (χ2n) is 10.7. The second-order valence-corrected chi connectivity index (χ2v) is 10.7. The van der Waals surface area contributed by atoms with Gasteiger partial charge in [-0.15, -0.1) is 0 Å². The van der Waals surface area contributed by atoms with E-state index >= 15 is 0 Å². The van der Waals surface area contributed by atoms with Crippen molar-refractivity contribution in [2.24, 2.45) is 23.5 Å². The molecule has 39 heavy (non-hydrogen) atoms. The van der Waals surface area contributed by atoms with Crippen LogP contribution in [0.1, 0.15) is 92.1 Å². The summed E-state index contributed by atoms with van der Waals surface area (Å²) in [5, 5.41) is 0. The van der Waals surface area contributed by atoms with E-state index in [0.29, 0.717) is 30.7 Å². The van der Waals surface area contributed by atoms with Crippen molar-refractivity contribution in [3.05, 3.63) is 23.8 Å². The van der Waals surface area contributed by atoms with Gasteiger partial charge in [0.05, 0.1) is 25.6 Å². The highest BCUT2D eigenvalue weighted by molar-refractivity contribution is 5.81. The lowest BCUT2D eigenvalue weighted by atomic mass is 9.88. The molecule has 0 aliphatic rings. The van der Waals surface area contributed by atoms with Crippen LogP contribution in [0.4, 0.5) is 0 Å². The third kappa shape index (κ3) is 11.8. The van der Waals surface area contributed by atoms with Crippen LogP contribution in [0.2, 0.25) is 0 Å². The van der Waals surface area contributed by atoms with Gasteiger partial charge in [-0.05, 0) is 42.9 Å². The second kappa shape index (κ2) is 16.9. The first-order chi connectivity index (χ1) is 18.4. The molecular formula is C30H47NO8. The Bertz CT molecular complexity index is 960. The Kier molecular flexibility index (Phi) is 14.8. The van der Waals surface area contributed by atoms with Crippen LogP contribution in [0.25, 0.3) is 0 Å². The van der Waals surface area contributed by atoms with Crippen molar-refractivity contribution in [3.63, 3.8) is 0 Å². The number of rotatable bonds is 17. The molecule has 1 aromatic carbocycles. The minimum absolute atomic E-state index is 0.0126. The van der Waals surface area contributed by atoms with Crippen LogP contribution >= 0.6 is 0 Å². The van der Waals surface area contributed by atoms with E-state index < -0.39 is 23.4 Å². The highest BCUT2D eigenvalue weighted by Crippen LogP contribution is 2.32. The van der Waals surface area contributed by atoms with Crippen molar-refractivity contribution >= 4 is 23.9 Å². The average Bonchev–Trinajstić information content (AvgIpc) is 2.88. The van der Waals surface area contributed by atoms with Gasteiger partial charge in [0, 0.05) is 19.3 Å². The molecule has 9 heteroatoms. The summed E-state index contributed by atoms with van der Waals surface area (Å²) < 4.78 is 21.5. The SMILES string of the molecule is CCCC(C)C(=O)Oc1ccc(C[C@](N)(CCOC(=O)CCC(C)C)C(=O)OC)cc1OC(=O)C(C)CCC. The summed E-state index contributed by atoms with van der Waals surface area (Å²) in [5.41, 5.74) is 5.52. The molecular weight excluding hydrogens is 502 g/mol. The van der Waals surface area contributed by atoms with Gasteiger partial charge < -0.3 is 24.7 Å². The zero-order valence-electron chi connectivity index (χ0n) is 24.7. The van der Waals surface area contributed by atoms with Gasteiger partial charge in [0.25, 0.3) is 0 Å². The predicted octanol–water partition coefficient (Wildman–Crippen LogP) is 5.15. The molecule has 3 atom stereocenters. The molecule has 9 nitrogen and oxygen atoms in total. The Morgan fingerprint density at radius 3 is 1.95 bits per heavy atom. The molecule has 2 unspecified atom stereocenters. The lowest BCUT2D eigenvalue weighted by Gasteiger charge is -2.27. The largest absolute Gasteiger partial charge is 0.468 e. The number of methoxy groups -OCH3 is 1. The molecule has 0 aliphatic carbocycles. The van der Waals surface area contributed by atoms with E-state index in [-0.39, 0.29) is 55.2 Å². The fourth-order valence-electron chi connectivity index (χ4n) is 4.00. The Morgan fingerprint density at radius 1 is 0.872 bits per heavy atom. The molecule has 1 rings (SSSR count). The smallest absolute Gasteiger partial charge is 0.326 e. The van der Waals surface area contributed by atoms with Crippen LogP contribution in [0.15, 0.2) is 18.2 Å². The number of ether oxygens (including phenoxy) is 4. The number of hydrogen-bond acceptors (Lipinski definition) is 9. The molecule has 0 aliphatic heterocycles. The van der Waals surface area contributed by atoms with Crippen LogP contribution in [-0.2, 0) is 35.1 Å². The molecule has 0 saturated heterocycles. The van der Waals surface area contributed by atoms with E-state index in [1.807, 2.05) is 27.7 Å². The van der Waals surface area contributed by atoms with Crippen molar-refractivity contribution < 1.29 is 38.1 Å². The Labute approximate surface area is 233 Å². The van der Waals surface area contributed by atoms with Gasteiger partial charge in [0.15, 0.2) is 11.5 Å². The topological polar surface area (TPSA) is 131 Å². The van der Waals surface area contributed by atoms with Crippen LogP contribution in [0.5, 0.6) is 11.5 Å². The Hall–Kier alpha value is -2.94. The summed E-state index contributed by atoms with van der Waals surface area (Å²) in [4.78, 5) is 50.0. The lowest BCUT2D eigenvalue weighted by Crippen LogP contribution is -2.51. The average molecular weight is 550 g/mol. The maximum atomic E-state index is 12.7. The standard InChI is InChI=1S/C30H47NO8/c1-8-10-21(5)27(33)38-24-14-13-23(18-25(24)39-28(34)22(6)11-9-2)19-30(31,29(35)36-7)16-17-37-26(32)15-12-20(3)4/h13-14,18,20-22H,8-12,15-17,19,31H2,1-7H3/t21?,22?,30-/m1/s1. The van der Waals surface area contributed by atoms with Crippen LogP contribution < -0.4 is 15.2 Å². The number of nitrogens with two attached hydrogens (primary N) is 1. The van der Waals surface area contributed by atoms with Crippen LogP contribution in [-0.4, -0.2) is 43.1 Å². The highest BCUT2D eigenvalue weighted by atomic mass is 16.6. The van der Waals surface area contributed by atoms with E-state index in [9.17, 15) is 19.2 Å². The third-order valence-corrected chi connectivity index (χ3v) is 6.53. The van der Waals surface area contributed by atoms with Crippen LogP contribution in [0.3, 0.4) is 0 Å². The van der Waals surface area contributed by atoms with Gasteiger partial charge in [-0.1, -0.05) is 60.5 Å². The number of hydrogen-bond donors (Lipinski definition) is 1. The van der Waals surface area contributed by atoms with E-state index in [0.717, 1.165) is 12.8 Å². The number of esters is 4. The van der Waals surface area contributed by atoms with Gasteiger partial charge in [-0.25, -0.2) is 0 Å². The van der Waals surface area contributed by atoms with Crippen molar-refractivity contribution in [2.45, 2.75) is 98.4 Å². The first-order valence-corrected chi connectivity index (χ1v) is 14.0. The summed E-state index contributed by atoms with van der Waals surface area (Å²) in [5.74, 6) is -2.01. The Balaban J connectivity index is 3.18. The third-order valence-electron chi connectivity index (χ3n) is 6.53. The minimum Gasteiger partial charge on any atom is -0.468 e. The number of benzene rings is 1. The molecule has 0 aromatic heterocycles. The number of carbonyl (C=O) groups excluding carboxylic acids is 4. The maximum absolute atomic E-state index is 12.7. The predicted molar refractivity (Wildman–Crippen MR) is 148 cm³/mol. The fraction of sp³-hybridized carbons (Fsp3) is 0.667. The molecule has 0 amide bonds. The van der Waals surface area contributed by atoms with E-state index in [1.165, 1.54) is 13.2 Å². The molecule has 220 valence electrons. The maximum Gasteiger partial charge on any atom is 0.326 e. The lowest BCUT2D eigenvalue weighted by molar-refractivity contribution is -0.151. The zero-order valence-corrected chi connectivity index (χ0v) is 24.7. The zero-order chi connectivity index (χ0) is 29.6. The quantitative estimate of drug-likeness (QED) is 0.207. The van der Waals surface area contributed by atoms with Gasteiger partial charge >= 0.3 is 23.9 Å². The fourth-order valence-corrected chi connectivity index (χ4v) is 4.00. The monoisotopic (exact) mass is 549 g/mol. The summed E-state index contributed by atoms with van der Waals surface area (Å²) in [6.45, 7) is 11.5. The summed E-state index contributed by atoms with van der Waals surface area (Å²) in [6.07, 6.45) is 3.97. The van der Waals surface area contributed by atoms with E-state index in [4.69, 9.17) is 24.7 Å². The first kappa shape index (κ1) is 34.1. The molecule has 1 aromatic rings. The molecule has 0 bridgehead atoms.